The highest BCUT2D eigenvalue weighted by Gasteiger charge is 2.38. The number of aromatic nitrogens is 2. The van der Waals surface area contributed by atoms with E-state index in [1.807, 2.05) is 0 Å². The summed E-state index contributed by atoms with van der Waals surface area (Å²) < 4.78 is 41.6. The van der Waals surface area contributed by atoms with Crippen molar-refractivity contribution in [1.29, 1.82) is 0 Å². The molecular weight excluding hydrogens is 311 g/mol. The zero-order valence-corrected chi connectivity index (χ0v) is 12.3. The van der Waals surface area contributed by atoms with Crippen LogP contribution in [0.1, 0.15) is 30.7 Å². The maximum absolute atomic E-state index is 12.5. The molecule has 122 valence electrons. The number of halogens is 3. The molecule has 0 radical (unpaired) electrons. The van der Waals surface area contributed by atoms with E-state index >= 15 is 0 Å². The lowest BCUT2D eigenvalue weighted by atomic mass is 9.85. The molecule has 1 aliphatic carbocycles. The van der Waals surface area contributed by atoms with Crippen LogP contribution in [0.5, 0.6) is 0 Å². The Morgan fingerprint density at radius 3 is 2.61 bits per heavy atom. The number of nitrogens with one attached hydrogen (secondary N) is 1. The van der Waals surface area contributed by atoms with Gasteiger partial charge in [0.25, 0.3) is 0 Å². The molecule has 1 fully saturated rings. The quantitative estimate of drug-likeness (QED) is 0.932. The van der Waals surface area contributed by atoms with Crippen molar-refractivity contribution in [2.24, 2.45) is 5.92 Å². The molecule has 0 unspecified atom stereocenters. The summed E-state index contributed by atoms with van der Waals surface area (Å²) in [6, 6.07) is 4.79. The Morgan fingerprint density at radius 2 is 2.09 bits per heavy atom. The summed E-state index contributed by atoms with van der Waals surface area (Å²) in [6.45, 7) is 1.75. The SMILES string of the molecule is Cc1cc(-c2noc(C(F)(F)F)n2)ccc1NC(=O)C1CCC1. The van der Waals surface area contributed by atoms with E-state index in [0.717, 1.165) is 19.3 Å². The summed E-state index contributed by atoms with van der Waals surface area (Å²) in [4.78, 5) is 15.3. The molecule has 0 bridgehead atoms. The second-order valence-corrected chi connectivity index (χ2v) is 5.57. The molecular formula is C15H14F3N3O2. The van der Waals surface area contributed by atoms with E-state index in [2.05, 4.69) is 20.0 Å². The van der Waals surface area contributed by atoms with Gasteiger partial charge in [-0.1, -0.05) is 11.6 Å². The average Bonchev–Trinajstić information content (AvgIpc) is 2.88. The molecule has 1 heterocycles. The lowest BCUT2D eigenvalue weighted by molar-refractivity contribution is -0.159. The molecule has 23 heavy (non-hydrogen) atoms. The van der Waals surface area contributed by atoms with E-state index < -0.39 is 12.1 Å². The molecule has 8 heteroatoms. The van der Waals surface area contributed by atoms with Crippen LogP contribution in [0.15, 0.2) is 22.7 Å². The van der Waals surface area contributed by atoms with Crippen LogP contribution >= 0.6 is 0 Å². The molecule has 0 aliphatic heterocycles. The minimum atomic E-state index is -4.67. The molecule has 1 aromatic heterocycles. The van der Waals surface area contributed by atoms with Gasteiger partial charge in [0.1, 0.15) is 0 Å². The summed E-state index contributed by atoms with van der Waals surface area (Å²) in [5.74, 6) is -1.49. The summed E-state index contributed by atoms with van der Waals surface area (Å²) >= 11 is 0. The minimum Gasteiger partial charge on any atom is -0.329 e. The van der Waals surface area contributed by atoms with Crippen molar-refractivity contribution in [2.45, 2.75) is 32.4 Å². The molecule has 1 amide bonds. The predicted molar refractivity (Wildman–Crippen MR) is 75.4 cm³/mol. The number of benzene rings is 1. The molecule has 0 atom stereocenters. The maximum Gasteiger partial charge on any atom is 0.471 e. The Balaban J connectivity index is 1.78. The number of alkyl halides is 3. The topological polar surface area (TPSA) is 68.0 Å². The highest BCUT2D eigenvalue weighted by Crippen LogP contribution is 2.31. The van der Waals surface area contributed by atoms with Gasteiger partial charge in [0.05, 0.1) is 0 Å². The van der Waals surface area contributed by atoms with Gasteiger partial charge in [-0.2, -0.15) is 18.2 Å². The highest BCUT2D eigenvalue weighted by molar-refractivity contribution is 5.94. The van der Waals surface area contributed by atoms with E-state index in [-0.39, 0.29) is 17.6 Å². The second-order valence-electron chi connectivity index (χ2n) is 5.57. The number of anilines is 1. The fourth-order valence-electron chi connectivity index (χ4n) is 2.30. The van der Waals surface area contributed by atoms with Crippen molar-refractivity contribution in [3.63, 3.8) is 0 Å². The number of amides is 1. The van der Waals surface area contributed by atoms with Gasteiger partial charge in [-0.15, -0.1) is 0 Å². The Hall–Kier alpha value is -2.38. The van der Waals surface area contributed by atoms with Gasteiger partial charge in [0.2, 0.25) is 11.7 Å². The van der Waals surface area contributed by atoms with Gasteiger partial charge < -0.3 is 9.84 Å². The van der Waals surface area contributed by atoms with E-state index in [1.165, 1.54) is 0 Å². The Labute approximate surface area is 129 Å². The summed E-state index contributed by atoms with van der Waals surface area (Å²) in [6.07, 6.45) is -1.82. The molecule has 0 saturated heterocycles. The third-order valence-electron chi connectivity index (χ3n) is 3.89. The number of carbonyl (C=O) groups is 1. The molecule has 0 spiro atoms. The van der Waals surface area contributed by atoms with Crippen molar-refractivity contribution >= 4 is 11.6 Å². The number of nitrogens with zero attached hydrogens (tertiary/aromatic N) is 2. The number of rotatable bonds is 3. The first-order chi connectivity index (χ1) is 10.8. The van der Waals surface area contributed by atoms with Crippen LogP contribution in [0.2, 0.25) is 0 Å². The third-order valence-corrected chi connectivity index (χ3v) is 3.89. The van der Waals surface area contributed by atoms with Gasteiger partial charge in [0, 0.05) is 17.2 Å². The predicted octanol–water partition coefficient (Wildman–Crippen LogP) is 3.80. The van der Waals surface area contributed by atoms with E-state index in [0.29, 0.717) is 16.8 Å². The molecule has 3 rings (SSSR count). The van der Waals surface area contributed by atoms with Gasteiger partial charge in [-0.25, -0.2) is 0 Å². The molecule has 1 aromatic carbocycles. The van der Waals surface area contributed by atoms with E-state index in [4.69, 9.17) is 0 Å². The van der Waals surface area contributed by atoms with Crippen LogP contribution < -0.4 is 5.32 Å². The van der Waals surface area contributed by atoms with Crippen LogP contribution in [0.25, 0.3) is 11.4 Å². The van der Waals surface area contributed by atoms with E-state index in [1.54, 1.807) is 25.1 Å². The summed E-state index contributed by atoms with van der Waals surface area (Å²) in [5.41, 5.74) is 1.74. The van der Waals surface area contributed by atoms with Gasteiger partial charge in [-0.3, -0.25) is 4.79 Å². The first-order valence-electron chi connectivity index (χ1n) is 7.17. The van der Waals surface area contributed by atoms with Crippen molar-refractivity contribution in [3.8, 4) is 11.4 Å². The number of aryl methyl sites for hydroxylation is 1. The first kappa shape index (κ1) is 15.5. The van der Waals surface area contributed by atoms with Gasteiger partial charge >= 0.3 is 12.1 Å². The summed E-state index contributed by atoms with van der Waals surface area (Å²) in [5, 5.41) is 6.18. The molecule has 1 saturated carbocycles. The van der Waals surface area contributed by atoms with Crippen LogP contribution in [-0.2, 0) is 11.0 Å². The van der Waals surface area contributed by atoms with Crippen LogP contribution in [-0.4, -0.2) is 16.0 Å². The normalized spacial score (nSPS) is 15.3. The summed E-state index contributed by atoms with van der Waals surface area (Å²) in [7, 11) is 0. The molecule has 1 N–H and O–H groups in total. The number of hydrogen-bond donors (Lipinski definition) is 1. The molecule has 1 aliphatic rings. The number of hydrogen-bond acceptors (Lipinski definition) is 4. The third kappa shape index (κ3) is 3.20. The molecule has 5 nitrogen and oxygen atoms in total. The van der Waals surface area contributed by atoms with Crippen molar-refractivity contribution < 1.29 is 22.5 Å². The first-order valence-corrected chi connectivity index (χ1v) is 7.17. The zero-order valence-electron chi connectivity index (χ0n) is 12.3. The zero-order chi connectivity index (χ0) is 16.6. The monoisotopic (exact) mass is 325 g/mol. The second kappa shape index (κ2) is 5.68. The highest BCUT2D eigenvalue weighted by atomic mass is 19.4. The Kier molecular flexibility index (Phi) is 3.83. The van der Waals surface area contributed by atoms with Gasteiger partial charge in [-0.05, 0) is 43.5 Å². The fraction of sp³-hybridized carbons (Fsp3) is 0.400. The minimum absolute atomic E-state index is 0.0222. The maximum atomic E-state index is 12.5. The van der Waals surface area contributed by atoms with E-state index in [9.17, 15) is 18.0 Å². The largest absolute Gasteiger partial charge is 0.471 e. The fourth-order valence-corrected chi connectivity index (χ4v) is 2.30. The van der Waals surface area contributed by atoms with Crippen molar-refractivity contribution in [2.75, 3.05) is 5.32 Å². The van der Waals surface area contributed by atoms with Crippen LogP contribution in [0.3, 0.4) is 0 Å². The van der Waals surface area contributed by atoms with Crippen molar-refractivity contribution in [1.82, 2.24) is 10.1 Å². The Bertz CT molecular complexity index is 736. The lowest BCUT2D eigenvalue weighted by Crippen LogP contribution is -2.28. The standard InChI is InChI=1S/C15H14F3N3O2/c1-8-7-10(12-20-14(23-21-12)15(16,17)18)5-6-11(8)19-13(22)9-3-2-4-9/h5-7,9H,2-4H2,1H3,(H,19,22). The Morgan fingerprint density at radius 1 is 1.35 bits per heavy atom. The molecule has 2 aromatic rings. The number of carbonyl (C=O) groups excluding carboxylic acids is 1. The lowest BCUT2D eigenvalue weighted by Gasteiger charge is -2.24. The van der Waals surface area contributed by atoms with Crippen molar-refractivity contribution in [3.05, 3.63) is 29.7 Å². The van der Waals surface area contributed by atoms with Crippen LogP contribution in [0, 0.1) is 12.8 Å². The van der Waals surface area contributed by atoms with Gasteiger partial charge in [0.15, 0.2) is 0 Å². The average molecular weight is 325 g/mol. The van der Waals surface area contributed by atoms with Crippen LogP contribution in [0.4, 0.5) is 18.9 Å². The smallest absolute Gasteiger partial charge is 0.329 e.